The molecule has 0 saturated carbocycles. The third-order valence-corrected chi connectivity index (χ3v) is 4.30. The monoisotopic (exact) mass is 475 g/mol. The number of anilines is 1. The number of benzene rings is 2. The van der Waals surface area contributed by atoms with Gasteiger partial charge >= 0.3 is 18.6 Å². The predicted octanol–water partition coefficient (Wildman–Crippen LogP) is 3.88. The van der Waals surface area contributed by atoms with Gasteiger partial charge in [-0.25, -0.2) is 4.79 Å². The van der Waals surface area contributed by atoms with E-state index in [0.29, 0.717) is 10.6 Å². The first-order valence-electron chi connectivity index (χ1n) is 8.65. The third-order valence-electron chi connectivity index (χ3n) is 3.76. The van der Waals surface area contributed by atoms with Crippen LogP contribution in [-0.4, -0.2) is 31.1 Å². The summed E-state index contributed by atoms with van der Waals surface area (Å²) < 4.78 is 33.6. The standard InChI is InChI=1S/C19H17Cl2F2N3O5/c20-11-3-1-10(2-4-11)14(26-19(24)29)8-17(28)30-9-16(27)25-12-5-6-15(13(21)7-12)31-18(22)23/h1-7,14,18H,8-9H2,(H,25,27)(H3,24,26,29). The summed E-state index contributed by atoms with van der Waals surface area (Å²) in [7, 11) is 0. The molecule has 2 aromatic rings. The van der Waals surface area contributed by atoms with E-state index in [4.69, 9.17) is 33.7 Å². The Hall–Kier alpha value is -3.11. The highest BCUT2D eigenvalue weighted by Crippen LogP contribution is 2.29. The summed E-state index contributed by atoms with van der Waals surface area (Å²) in [5.41, 5.74) is 5.88. The predicted molar refractivity (Wildman–Crippen MR) is 109 cm³/mol. The zero-order valence-corrected chi connectivity index (χ0v) is 17.3. The average molecular weight is 476 g/mol. The molecular weight excluding hydrogens is 459 g/mol. The SMILES string of the molecule is NC(=O)NC(CC(=O)OCC(=O)Nc1ccc(OC(F)F)c(Cl)c1)c1ccc(Cl)cc1. The van der Waals surface area contributed by atoms with E-state index in [1.54, 1.807) is 24.3 Å². The van der Waals surface area contributed by atoms with Crippen LogP contribution in [0.1, 0.15) is 18.0 Å². The van der Waals surface area contributed by atoms with Crippen molar-refractivity contribution in [2.45, 2.75) is 19.1 Å². The first-order chi connectivity index (χ1) is 14.6. The van der Waals surface area contributed by atoms with Gasteiger partial charge in [0.15, 0.2) is 6.61 Å². The fourth-order valence-corrected chi connectivity index (χ4v) is 2.81. The Labute approximate surface area is 185 Å². The van der Waals surface area contributed by atoms with Gasteiger partial charge in [-0.2, -0.15) is 8.78 Å². The molecule has 0 aromatic heterocycles. The van der Waals surface area contributed by atoms with Gasteiger partial charge < -0.3 is 25.8 Å². The highest BCUT2D eigenvalue weighted by molar-refractivity contribution is 6.32. The molecule has 0 heterocycles. The molecule has 0 radical (unpaired) electrons. The molecule has 3 amide bonds. The first-order valence-corrected chi connectivity index (χ1v) is 9.41. The Morgan fingerprint density at radius 2 is 1.74 bits per heavy atom. The van der Waals surface area contributed by atoms with Gasteiger partial charge in [0, 0.05) is 10.7 Å². The fourth-order valence-electron chi connectivity index (χ4n) is 2.46. The molecule has 8 nitrogen and oxygen atoms in total. The zero-order chi connectivity index (χ0) is 23.0. The number of ether oxygens (including phenoxy) is 2. The molecule has 2 rings (SSSR count). The van der Waals surface area contributed by atoms with Crippen molar-refractivity contribution in [2.24, 2.45) is 5.73 Å². The lowest BCUT2D eigenvalue weighted by molar-refractivity contribution is -0.147. The molecule has 0 fully saturated rings. The lowest BCUT2D eigenvalue weighted by atomic mass is 10.0. The van der Waals surface area contributed by atoms with Gasteiger partial charge in [-0.15, -0.1) is 0 Å². The quantitative estimate of drug-likeness (QED) is 0.475. The summed E-state index contributed by atoms with van der Waals surface area (Å²) in [6.45, 7) is -3.67. The number of rotatable bonds is 9. The van der Waals surface area contributed by atoms with Crippen LogP contribution in [0, 0.1) is 0 Å². The summed E-state index contributed by atoms with van der Waals surface area (Å²) in [5.74, 6) is -1.73. The molecule has 0 aliphatic rings. The Kier molecular flexibility index (Phi) is 8.83. The van der Waals surface area contributed by atoms with E-state index in [2.05, 4.69) is 15.4 Å². The van der Waals surface area contributed by atoms with Crippen LogP contribution in [0.4, 0.5) is 19.3 Å². The maximum absolute atomic E-state index is 12.2. The van der Waals surface area contributed by atoms with Gasteiger partial charge in [-0.05, 0) is 35.9 Å². The van der Waals surface area contributed by atoms with Gasteiger partial charge in [0.1, 0.15) is 5.75 Å². The molecule has 0 saturated heterocycles. The molecule has 1 unspecified atom stereocenters. The minimum absolute atomic E-state index is 0.140. The van der Waals surface area contributed by atoms with E-state index in [9.17, 15) is 23.2 Å². The Bertz CT molecular complexity index is 945. The molecule has 12 heteroatoms. The minimum Gasteiger partial charge on any atom is -0.455 e. The van der Waals surface area contributed by atoms with Crippen LogP contribution < -0.4 is 21.1 Å². The number of amides is 3. The van der Waals surface area contributed by atoms with Gasteiger partial charge in [0.05, 0.1) is 17.5 Å². The third kappa shape index (κ3) is 8.27. The number of hydrogen-bond acceptors (Lipinski definition) is 5. The number of urea groups is 1. The number of nitrogens with one attached hydrogen (secondary N) is 2. The van der Waals surface area contributed by atoms with Crippen LogP contribution in [0.2, 0.25) is 10.0 Å². The molecule has 166 valence electrons. The number of carbonyl (C=O) groups excluding carboxylic acids is 3. The fraction of sp³-hybridized carbons (Fsp3) is 0.211. The second-order valence-electron chi connectivity index (χ2n) is 6.05. The van der Waals surface area contributed by atoms with E-state index in [1.165, 1.54) is 12.1 Å². The van der Waals surface area contributed by atoms with Crippen molar-refractivity contribution in [3.63, 3.8) is 0 Å². The molecule has 0 aliphatic heterocycles. The van der Waals surface area contributed by atoms with E-state index < -0.39 is 37.2 Å². The maximum atomic E-state index is 12.2. The van der Waals surface area contributed by atoms with Gasteiger partial charge in [-0.1, -0.05) is 35.3 Å². The number of halogens is 4. The molecule has 31 heavy (non-hydrogen) atoms. The van der Waals surface area contributed by atoms with Crippen molar-refractivity contribution < 1.29 is 32.6 Å². The van der Waals surface area contributed by atoms with Crippen molar-refractivity contribution in [1.82, 2.24) is 5.32 Å². The number of alkyl halides is 2. The second-order valence-corrected chi connectivity index (χ2v) is 6.89. The van der Waals surface area contributed by atoms with Crippen molar-refractivity contribution in [3.8, 4) is 5.75 Å². The highest BCUT2D eigenvalue weighted by Gasteiger charge is 2.19. The van der Waals surface area contributed by atoms with E-state index in [-0.39, 0.29) is 22.9 Å². The van der Waals surface area contributed by atoms with E-state index in [1.807, 2.05) is 0 Å². The topological polar surface area (TPSA) is 120 Å². The van der Waals surface area contributed by atoms with Crippen LogP contribution >= 0.6 is 23.2 Å². The number of carbonyl (C=O) groups is 3. The summed E-state index contributed by atoms with van der Waals surface area (Å²) in [4.78, 5) is 35.3. The molecule has 0 spiro atoms. The van der Waals surface area contributed by atoms with Gasteiger partial charge in [-0.3, -0.25) is 9.59 Å². The van der Waals surface area contributed by atoms with Gasteiger partial charge in [0.2, 0.25) is 0 Å². The Morgan fingerprint density at radius 3 is 2.32 bits per heavy atom. The Balaban J connectivity index is 1.90. The van der Waals surface area contributed by atoms with E-state index in [0.717, 1.165) is 6.07 Å². The maximum Gasteiger partial charge on any atom is 0.387 e. The number of esters is 1. The summed E-state index contributed by atoms with van der Waals surface area (Å²) in [6.07, 6.45) is -0.288. The number of nitrogens with two attached hydrogens (primary N) is 1. The molecule has 1 atom stereocenters. The first kappa shape index (κ1) is 24.2. The lowest BCUT2D eigenvalue weighted by Crippen LogP contribution is -2.35. The summed E-state index contributed by atoms with van der Waals surface area (Å²) in [6, 6.07) is 8.38. The van der Waals surface area contributed by atoms with Crippen molar-refractivity contribution >= 4 is 46.8 Å². The van der Waals surface area contributed by atoms with Gasteiger partial charge in [0.25, 0.3) is 5.91 Å². The van der Waals surface area contributed by atoms with Crippen LogP contribution in [0.3, 0.4) is 0 Å². The molecular formula is C19H17Cl2F2N3O5. The van der Waals surface area contributed by atoms with Crippen LogP contribution in [-0.2, 0) is 14.3 Å². The molecule has 4 N–H and O–H groups in total. The lowest BCUT2D eigenvalue weighted by Gasteiger charge is -2.17. The number of primary amides is 1. The zero-order valence-electron chi connectivity index (χ0n) is 15.7. The normalized spacial score (nSPS) is 11.5. The van der Waals surface area contributed by atoms with Crippen molar-refractivity contribution in [3.05, 3.63) is 58.1 Å². The van der Waals surface area contributed by atoms with Crippen LogP contribution in [0.25, 0.3) is 0 Å². The van der Waals surface area contributed by atoms with Crippen molar-refractivity contribution in [2.75, 3.05) is 11.9 Å². The summed E-state index contributed by atoms with van der Waals surface area (Å²) >= 11 is 11.6. The van der Waals surface area contributed by atoms with Crippen LogP contribution in [0.5, 0.6) is 5.75 Å². The number of hydrogen-bond donors (Lipinski definition) is 3. The highest BCUT2D eigenvalue weighted by atomic mass is 35.5. The largest absolute Gasteiger partial charge is 0.455 e. The minimum atomic E-state index is -3.04. The van der Waals surface area contributed by atoms with Crippen LogP contribution in [0.15, 0.2) is 42.5 Å². The second kappa shape index (κ2) is 11.3. The molecule has 0 aliphatic carbocycles. The summed E-state index contributed by atoms with van der Waals surface area (Å²) in [5, 5.41) is 5.13. The Morgan fingerprint density at radius 1 is 1.06 bits per heavy atom. The molecule has 0 bridgehead atoms. The van der Waals surface area contributed by atoms with E-state index >= 15 is 0 Å². The molecule has 2 aromatic carbocycles. The average Bonchev–Trinajstić information content (AvgIpc) is 2.68. The smallest absolute Gasteiger partial charge is 0.387 e. The van der Waals surface area contributed by atoms with Crippen molar-refractivity contribution in [1.29, 1.82) is 0 Å².